The lowest BCUT2D eigenvalue weighted by Crippen LogP contribution is -2.39. The van der Waals surface area contributed by atoms with E-state index in [0.717, 1.165) is 18.8 Å². The molecule has 23 heavy (non-hydrogen) atoms. The highest BCUT2D eigenvalue weighted by atomic mass is 16.5. The van der Waals surface area contributed by atoms with Crippen molar-refractivity contribution in [3.63, 3.8) is 0 Å². The summed E-state index contributed by atoms with van der Waals surface area (Å²) in [5.41, 5.74) is 0. The molecule has 0 radical (unpaired) electrons. The molecule has 0 aliphatic carbocycles. The summed E-state index contributed by atoms with van der Waals surface area (Å²) in [4.78, 5) is 21.7. The number of likely N-dealkylation sites (N-methyl/N-ethyl adjacent to an activating group) is 1. The van der Waals surface area contributed by atoms with Gasteiger partial charge in [-0.3, -0.25) is 4.79 Å². The highest BCUT2D eigenvalue weighted by Crippen LogP contribution is 2.10. The van der Waals surface area contributed by atoms with E-state index in [-0.39, 0.29) is 18.4 Å². The molecule has 0 aliphatic heterocycles. The van der Waals surface area contributed by atoms with E-state index in [1.807, 2.05) is 20.8 Å². The number of rotatable bonds is 8. The maximum atomic E-state index is 11.6. The Morgan fingerprint density at radius 1 is 1.35 bits per heavy atom. The predicted octanol–water partition coefficient (Wildman–Crippen LogP) is 0.769. The summed E-state index contributed by atoms with van der Waals surface area (Å²) in [7, 11) is 3.43. The molecule has 1 aromatic heterocycles. The second-order valence-electron chi connectivity index (χ2n) is 5.71. The maximum Gasteiger partial charge on any atom is 0.243 e. The van der Waals surface area contributed by atoms with Gasteiger partial charge in [0.25, 0.3) is 0 Å². The second-order valence-corrected chi connectivity index (χ2v) is 5.71. The van der Waals surface area contributed by atoms with E-state index in [1.165, 1.54) is 4.90 Å². The Hall–Kier alpha value is -2.12. The summed E-state index contributed by atoms with van der Waals surface area (Å²) in [6, 6.07) is 0. The number of hydrogen-bond acceptors (Lipinski definition) is 5. The van der Waals surface area contributed by atoms with E-state index in [2.05, 4.69) is 25.8 Å². The normalized spacial score (nSPS) is 11.7. The quantitative estimate of drug-likeness (QED) is 0.416. The molecule has 8 nitrogen and oxygen atoms in total. The molecule has 1 heterocycles. The minimum atomic E-state index is -0.0331. The number of hydrogen-bond donors (Lipinski definition) is 2. The minimum Gasteiger partial charge on any atom is -0.357 e. The van der Waals surface area contributed by atoms with Crippen LogP contribution in [0.3, 0.4) is 0 Å². The lowest BCUT2D eigenvalue weighted by Gasteiger charge is -2.12. The predicted molar refractivity (Wildman–Crippen MR) is 89.4 cm³/mol. The molecule has 0 spiro atoms. The number of carbonyl (C=O) groups excluding carboxylic acids is 1. The van der Waals surface area contributed by atoms with Crippen LogP contribution in [-0.2, 0) is 11.2 Å². The van der Waals surface area contributed by atoms with Crippen molar-refractivity contribution in [1.82, 2.24) is 25.7 Å². The molecule has 0 aromatic carbocycles. The van der Waals surface area contributed by atoms with Crippen molar-refractivity contribution in [1.29, 1.82) is 0 Å². The van der Waals surface area contributed by atoms with E-state index in [0.29, 0.717) is 24.8 Å². The Kier molecular flexibility index (Phi) is 8.07. The molecule has 0 aliphatic rings. The van der Waals surface area contributed by atoms with Gasteiger partial charge in [-0.05, 0) is 13.3 Å². The fourth-order valence-corrected chi connectivity index (χ4v) is 1.68. The SMILES string of the molecule is CCNC(=NCC(=O)N(C)C)NCCCc1nc(C(C)C)no1. The Bertz CT molecular complexity index is 510. The van der Waals surface area contributed by atoms with Crippen molar-refractivity contribution in [3.8, 4) is 0 Å². The zero-order chi connectivity index (χ0) is 17.2. The average molecular weight is 324 g/mol. The van der Waals surface area contributed by atoms with Crippen LogP contribution in [0.1, 0.15) is 44.8 Å². The van der Waals surface area contributed by atoms with Crippen molar-refractivity contribution in [2.75, 3.05) is 33.7 Å². The molecule has 0 bridgehead atoms. The van der Waals surface area contributed by atoms with Gasteiger partial charge in [0.1, 0.15) is 6.54 Å². The number of nitrogens with zero attached hydrogens (tertiary/aromatic N) is 4. The van der Waals surface area contributed by atoms with Crippen molar-refractivity contribution < 1.29 is 9.32 Å². The lowest BCUT2D eigenvalue weighted by molar-refractivity contribution is -0.127. The Morgan fingerprint density at radius 3 is 2.65 bits per heavy atom. The maximum absolute atomic E-state index is 11.6. The summed E-state index contributed by atoms with van der Waals surface area (Å²) in [6.45, 7) is 7.63. The van der Waals surface area contributed by atoms with Crippen LogP contribution in [-0.4, -0.2) is 60.6 Å². The number of aryl methyl sites for hydroxylation is 1. The first-order valence-corrected chi connectivity index (χ1v) is 7.98. The number of guanidine groups is 1. The van der Waals surface area contributed by atoms with E-state index >= 15 is 0 Å². The molecular formula is C15H28N6O2. The molecule has 0 unspecified atom stereocenters. The van der Waals surface area contributed by atoms with Gasteiger partial charge in [0.15, 0.2) is 11.8 Å². The fourth-order valence-electron chi connectivity index (χ4n) is 1.68. The van der Waals surface area contributed by atoms with Gasteiger partial charge in [0, 0.05) is 39.5 Å². The molecule has 1 rings (SSSR count). The summed E-state index contributed by atoms with van der Waals surface area (Å²) in [6.07, 6.45) is 1.55. The highest BCUT2D eigenvalue weighted by molar-refractivity contribution is 5.84. The van der Waals surface area contributed by atoms with Gasteiger partial charge >= 0.3 is 0 Å². The monoisotopic (exact) mass is 324 g/mol. The van der Waals surface area contributed by atoms with Crippen molar-refractivity contribution >= 4 is 11.9 Å². The topological polar surface area (TPSA) is 95.7 Å². The first-order valence-electron chi connectivity index (χ1n) is 7.98. The van der Waals surface area contributed by atoms with Gasteiger partial charge in [0.05, 0.1) is 0 Å². The lowest BCUT2D eigenvalue weighted by atomic mass is 10.2. The van der Waals surface area contributed by atoms with E-state index in [4.69, 9.17) is 4.52 Å². The molecule has 8 heteroatoms. The summed E-state index contributed by atoms with van der Waals surface area (Å²) >= 11 is 0. The van der Waals surface area contributed by atoms with Crippen LogP contribution in [0, 0.1) is 0 Å². The number of nitrogens with one attached hydrogen (secondary N) is 2. The zero-order valence-corrected chi connectivity index (χ0v) is 14.7. The molecule has 1 amide bonds. The van der Waals surface area contributed by atoms with Crippen LogP contribution in [0.4, 0.5) is 0 Å². The van der Waals surface area contributed by atoms with Gasteiger partial charge in [-0.15, -0.1) is 0 Å². The molecular weight excluding hydrogens is 296 g/mol. The van der Waals surface area contributed by atoms with Crippen molar-refractivity contribution in [2.45, 2.75) is 39.5 Å². The third-order valence-electron chi connectivity index (χ3n) is 3.08. The van der Waals surface area contributed by atoms with Gasteiger partial charge < -0.3 is 20.1 Å². The summed E-state index contributed by atoms with van der Waals surface area (Å²) < 4.78 is 5.20. The second kappa shape index (κ2) is 9.81. The van der Waals surface area contributed by atoms with Crippen LogP contribution in [0.25, 0.3) is 0 Å². The van der Waals surface area contributed by atoms with Crippen LogP contribution in [0.15, 0.2) is 9.52 Å². The third-order valence-corrected chi connectivity index (χ3v) is 3.08. The van der Waals surface area contributed by atoms with Gasteiger partial charge in [0.2, 0.25) is 11.8 Å². The Labute approximate surface area is 137 Å². The first kappa shape index (κ1) is 18.9. The van der Waals surface area contributed by atoms with E-state index < -0.39 is 0 Å². The highest BCUT2D eigenvalue weighted by Gasteiger charge is 2.09. The standard InChI is InChI=1S/C15H28N6O2/c1-6-16-15(18-10-13(22)21(4)5)17-9-7-8-12-19-14(11(2)3)20-23-12/h11H,6-10H2,1-5H3,(H2,16,17,18). The fraction of sp³-hybridized carbons (Fsp3) is 0.733. The average Bonchev–Trinajstić information content (AvgIpc) is 2.97. The minimum absolute atomic E-state index is 0.0331. The summed E-state index contributed by atoms with van der Waals surface area (Å²) in [5, 5.41) is 10.2. The number of amides is 1. The molecule has 0 saturated heterocycles. The van der Waals surface area contributed by atoms with Crippen LogP contribution in [0.5, 0.6) is 0 Å². The van der Waals surface area contributed by atoms with Crippen molar-refractivity contribution in [3.05, 3.63) is 11.7 Å². The molecule has 1 aromatic rings. The van der Waals surface area contributed by atoms with Gasteiger partial charge in [-0.1, -0.05) is 19.0 Å². The van der Waals surface area contributed by atoms with E-state index in [9.17, 15) is 4.79 Å². The van der Waals surface area contributed by atoms with Gasteiger partial charge in [-0.25, -0.2) is 4.99 Å². The summed E-state index contributed by atoms with van der Waals surface area (Å²) in [5.74, 6) is 2.27. The third kappa shape index (κ3) is 7.12. The Balaban J connectivity index is 2.37. The van der Waals surface area contributed by atoms with Crippen molar-refractivity contribution in [2.24, 2.45) is 4.99 Å². The first-order chi connectivity index (χ1) is 10.9. The Morgan fingerprint density at radius 2 is 2.09 bits per heavy atom. The van der Waals surface area contributed by atoms with E-state index in [1.54, 1.807) is 14.1 Å². The number of aliphatic imine (C=N–C) groups is 1. The van der Waals surface area contributed by atoms with Crippen LogP contribution in [0.2, 0.25) is 0 Å². The largest absolute Gasteiger partial charge is 0.357 e. The number of carbonyl (C=O) groups is 1. The molecule has 130 valence electrons. The molecule has 2 N–H and O–H groups in total. The number of aromatic nitrogens is 2. The molecule has 0 atom stereocenters. The smallest absolute Gasteiger partial charge is 0.243 e. The van der Waals surface area contributed by atoms with Gasteiger partial charge in [-0.2, -0.15) is 4.98 Å². The zero-order valence-electron chi connectivity index (χ0n) is 14.7. The van der Waals surface area contributed by atoms with Crippen LogP contribution >= 0.6 is 0 Å². The molecule has 0 fully saturated rings. The molecule has 0 saturated carbocycles. The van der Waals surface area contributed by atoms with Crippen LogP contribution < -0.4 is 10.6 Å².